The van der Waals surface area contributed by atoms with Crippen LogP contribution < -0.4 is 4.74 Å². The highest BCUT2D eigenvalue weighted by atomic mass is 79.9. The average Bonchev–Trinajstić information content (AvgIpc) is 2.09. The maximum absolute atomic E-state index is 13.0. The van der Waals surface area contributed by atoms with E-state index in [9.17, 15) is 4.39 Å². The summed E-state index contributed by atoms with van der Waals surface area (Å²) in [7, 11) is 0. The number of halogens is 3. The van der Waals surface area contributed by atoms with Crippen LogP contribution in [-0.4, -0.2) is 17.8 Å². The van der Waals surface area contributed by atoms with E-state index in [4.69, 9.17) is 21.4 Å². The maximum Gasteiger partial charge on any atom is 0.145 e. The van der Waals surface area contributed by atoms with Crippen LogP contribution >= 0.6 is 27.5 Å². The Labute approximate surface area is 94.8 Å². The lowest BCUT2D eigenvalue weighted by Crippen LogP contribution is -2.13. The van der Waals surface area contributed by atoms with Crippen LogP contribution in [0.15, 0.2) is 16.6 Å². The van der Waals surface area contributed by atoms with Crippen molar-refractivity contribution < 1.29 is 14.2 Å². The van der Waals surface area contributed by atoms with Crippen molar-refractivity contribution in [2.75, 3.05) is 6.61 Å². The zero-order valence-corrected chi connectivity index (χ0v) is 9.77. The molecular formula is C9H9BrClFO2. The van der Waals surface area contributed by atoms with Crippen LogP contribution in [0.3, 0.4) is 0 Å². The van der Waals surface area contributed by atoms with Gasteiger partial charge in [-0.1, -0.05) is 11.6 Å². The zero-order valence-electron chi connectivity index (χ0n) is 7.43. The van der Waals surface area contributed by atoms with E-state index in [0.29, 0.717) is 10.2 Å². The smallest absolute Gasteiger partial charge is 0.145 e. The highest BCUT2D eigenvalue weighted by Crippen LogP contribution is 2.30. The summed E-state index contributed by atoms with van der Waals surface area (Å²) in [5, 5.41) is 9.00. The lowest BCUT2D eigenvalue weighted by Gasteiger charge is -2.10. The summed E-state index contributed by atoms with van der Waals surface area (Å²) in [5.41, 5.74) is 0. The van der Waals surface area contributed by atoms with Crippen molar-refractivity contribution in [3.8, 4) is 5.75 Å². The van der Waals surface area contributed by atoms with E-state index in [1.807, 2.05) is 0 Å². The largest absolute Gasteiger partial charge is 0.490 e. The molecule has 0 unspecified atom stereocenters. The summed E-state index contributed by atoms with van der Waals surface area (Å²) >= 11 is 8.71. The number of rotatable bonds is 3. The van der Waals surface area contributed by atoms with E-state index in [0.717, 1.165) is 0 Å². The Kier molecular flexibility index (Phi) is 4.16. The second-order valence-electron chi connectivity index (χ2n) is 2.86. The van der Waals surface area contributed by atoms with Gasteiger partial charge in [-0.15, -0.1) is 0 Å². The zero-order chi connectivity index (χ0) is 10.7. The molecule has 1 rings (SSSR count). The van der Waals surface area contributed by atoms with E-state index in [-0.39, 0.29) is 11.6 Å². The van der Waals surface area contributed by atoms with Gasteiger partial charge in [-0.3, -0.25) is 0 Å². The van der Waals surface area contributed by atoms with Crippen LogP contribution in [0.5, 0.6) is 5.75 Å². The molecule has 5 heteroatoms. The van der Waals surface area contributed by atoms with E-state index >= 15 is 0 Å². The van der Waals surface area contributed by atoms with Crippen molar-refractivity contribution in [2.24, 2.45) is 0 Å². The van der Waals surface area contributed by atoms with Gasteiger partial charge < -0.3 is 9.84 Å². The van der Waals surface area contributed by atoms with Crippen molar-refractivity contribution in [1.29, 1.82) is 0 Å². The molecule has 0 aliphatic rings. The first-order valence-corrected chi connectivity index (χ1v) is 5.13. The Hall–Kier alpha value is -0.320. The average molecular weight is 284 g/mol. The predicted molar refractivity (Wildman–Crippen MR) is 56.3 cm³/mol. The van der Waals surface area contributed by atoms with Crippen LogP contribution in [-0.2, 0) is 0 Å². The van der Waals surface area contributed by atoms with Gasteiger partial charge in [0.25, 0.3) is 0 Å². The first-order chi connectivity index (χ1) is 6.50. The Morgan fingerprint density at radius 1 is 1.64 bits per heavy atom. The van der Waals surface area contributed by atoms with Gasteiger partial charge in [0.1, 0.15) is 18.2 Å². The van der Waals surface area contributed by atoms with Crippen LogP contribution in [0, 0.1) is 5.82 Å². The number of ether oxygens (including phenoxy) is 1. The molecule has 0 amide bonds. The first-order valence-electron chi connectivity index (χ1n) is 3.96. The Balaban J connectivity index is 2.82. The second-order valence-corrected chi connectivity index (χ2v) is 4.12. The maximum atomic E-state index is 13.0. The van der Waals surface area contributed by atoms with Gasteiger partial charge in [0.2, 0.25) is 0 Å². The molecule has 0 aliphatic heterocycles. The van der Waals surface area contributed by atoms with Gasteiger partial charge in [0, 0.05) is 6.07 Å². The molecule has 1 atom stereocenters. The molecule has 0 saturated heterocycles. The molecule has 1 aromatic rings. The highest BCUT2D eigenvalue weighted by Gasteiger charge is 2.08. The third-order valence-electron chi connectivity index (χ3n) is 1.45. The Morgan fingerprint density at radius 3 is 2.86 bits per heavy atom. The fourth-order valence-electron chi connectivity index (χ4n) is 0.825. The van der Waals surface area contributed by atoms with Gasteiger partial charge >= 0.3 is 0 Å². The van der Waals surface area contributed by atoms with Gasteiger partial charge in [-0.05, 0) is 28.9 Å². The molecule has 0 radical (unpaired) electrons. The molecule has 0 heterocycles. The fraction of sp³-hybridized carbons (Fsp3) is 0.333. The third-order valence-corrected chi connectivity index (χ3v) is 2.36. The molecular weight excluding hydrogens is 274 g/mol. The van der Waals surface area contributed by atoms with E-state index in [2.05, 4.69) is 15.9 Å². The normalized spacial score (nSPS) is 12.6. The molecule has 0 aliphatic carbocycles. The van der Waals surface area contributed by atoms with Crippen molar-refractivity contribution in [3.05, 3.63) is 27.4 Å². The molecule has 2 nitrogen and oxygen atoms in total. The minimum Gasteiger partial charge on any atom is -0.490 e. The fourth-order valence-corrected chi connectivity index (χ4v) is 1.58. The van der Waals surface area contributed by atoms with Crippen molar-refractivity contribution in [1.82, 2.24) is 0 Å². The molecule has 78 valence electrons. The number of hydrogen-bond donors (Lipinski definition) is 1. The quantitative estimate of drug-likeness (QED) is 0.864. The van der Waals surface area contributed by atoms with Crippen LogP contribution in [0.1, 0.15) is 6.92 Å². The Morgan fingerprint density at radius 2 is 2.29 bits per heavy atom. The predicted octanol–water partition coefficient (Wildman–Crippen LogP) is 3.00. The standard InChI is InChI=1S/C9H9BrClFO2/c1-5(13)4-14-9-3-8(12)7(11)2-6(9)10/h2-3,5,13H,4H2,1H3/t5-/m0/s1. The number of aliphatic hydroxyl groups is 1. The van der Waals surface area contributed by atoms with Crippen LogP contribution in [0.2, 0.25) is 5.02 Å². The third kappa shape index (κ3) is 3.12. The van der Waals surface area contributed by atoms with Gasteiger partial charge in [-0.25, -0.2) is 4.39 Å². The highest BCUT2D eigenvalue weighted by molar-refractivity contribution is 9.10. The minimum atomic E-state index is -0.597. The summed E-state index contributed by atoms with van der Waals surface area (Å²) in [6, 6.07) is 2.59. The molecule has 1 N–H and O–H groups in total. The summed E-state index contributed by atoms with van der Waals surface area (Å²) in [4.78, 5) is 0. The summed E-state index contributed by atoms with van der Waals surface area (Å²) < 4.78 is 18.7. The van der Waals surface area contributed by atoms with Crippen LogP contribution in [0.4, 0.5) is 4.39 Å². The Bertz CT molecular complexity index is 331. The lowest BCUT2D eigenvalue weighted by atomic mass is 10.3. The molecule has 1 aromatic carbocycles. The number of benzene rings is 1. The number of aliphatic hydroxyl groups excluding tert-OH is 1. The molecule has 0 bridgehead atoms. The molecule has 0 spiro atoms. The molecule has 0 saturated carbocycles. The molecule has 0 fully saturated rings. The van der Waals surface area contributed by atoms with Crippen LogP contribution in [0.25, 0.3) is 0 Å². The monoisotopic (exact) mass is 282 g/mol. The van der Waals surface area contributed by atoms with Gasteiger partial charge in [-0.2, -0.15) is 0 Å². The molecule has 0 aromatic heterocycles. The summed E-state index contributed by atoms with van der Waals surface area (Å²) in [6.45, 7) is 1.69. The van der Waals surface area contributed by atoms with Gasteiger partial charge in [0.05, 0.1) is 15.6 Å². The van der Waals surface area contributed by atoms with Crippen molar-refractivity contribution in [2.45, 2.75) is 13.0 Å². The van der Waals surface area contributed by atoms with E-state index < -0.39 is 11.9 Å². The van der Waals surface area contributed by atoms with Crippen molar-refractivity contribution in [3.63, 3.8) is 0 Å². The minimum absolute atomic E-state index is 0.0290. The van der Waals surface area contributed by atoms with Crippen molar-refractivity contribution >= 4 is 27.5 Å². The topological polar surface area (TPSA) is 29.5 Å². The van der Waals surface area contributed by atoms with Gasteiger partial charge in [0.15, 0.2) is 0 Å². The molecule has 14 heavy (non-hydrogen) atoms. The SMILES string of the molecule is C[C@H](O)COc1cc(F)c(Cl)cc1Br. The first kappa shape index (κ1) is 11.8. The summed E-state index contributed by atoms with van der Waals surface area (Å²) in [6.07, 6.45) is -0.597. The van der Waals surface area contributed by atoms with E-state index in [1.165, 1.54) is 12.1 Å². The number of hydrogen-bond acceptors (Lipinski definition) is 2. The lowest BCUT2D eigenvalue weighted by molar-refractivity contribution is 0.122. The van der Waals surface area contributed by atoms with E-state index in [1.54, 1.807) is 6.92 Å². The second kappa shape index (κ2) is 4.96. The summed E-state index contributed by atoms with van der Waals surface area (Å²) in [5.74, 6) is -0.219.